The lowest BCUT2D eigenvalue weighted by Crippen LogP contribution is -2.47. The Balaban J connectivity index is 5.42. The first-order valence-electron chi connectivity index (χ1n) is 14.0. The monoisotopic (exact) mass is 580 g/mol. The van der Waals surface area contributed by atoms with Gasteiger partial charge in [0.2, 0.25) is 0 Å². The Morgan fingerprint density at radius 2 is 1.35 bits per heavy atom. The Labute approximate surface area is 240 Å². The molecule has 0 aliphatic rings. The zero-order valence-electron chi connectivity index (χ0n) is 26.3. The van der Waals surface area contributed by atoms with Gasteiger partial charge in [0, 0.05) is 12.8 Å². The molecule has 11 heteroatoms. The number of carbonyl (C=O) groups excluding carboxylic acids is 1. The normalized spacial score (nSPS) is 16.3. The van der Waals surface area contributed by atoms with E-state index in [2.05, 4.69) is 0 Å². The number of carbonyl (C=O) groups is 2. The van der Waals surface area contributed by atoms with Gasteiger partial charge in [-0.05, 0) is 64.7 Å². The largest absolute Gasteiger partial charge is 0.481 e. The molecule has 11 nitrogen and oxygen atoms in total. The molecular formula is C29H56O11. The van der Waals surface area contributed by atoms with Gasteiger partial charge in [-0.25, -0.2) is 0 Å². The van der Waals surface area contributed by atoms with Crippen LogP contribution in [0, 0.1) is 10.8 Å². The van der Waals surface area contributed by atoms with Crippen molar-refractivity contribution in [1.29, 1.82) is 0 Å². The third-order valence-corrected chi connectivity index (χ3v) is 5.86. The summed E-state index contributed by atoms with van der Waals surface area (Å²) in [5.41, 5.74) is -2.23. The third-order valence-electron chi connectivity index (χ3n) is 5.86. The lowest BCUT2D eigenvalue weighted by Gasteiger charge is -2.42. The molecule has 0 bridgehead atoms. The smallest absolute Gasteiger partial charge is 0.305 e. The van der Waals surface area contributed by atoms with Gasteiger partial charge in [0.25, 0.3) is 0 Å². The molecule has 0 saturated heterocycles. The van der Waals surface area contributed by atoms with Gasteiger partial charge >= 0.3 is 11.9 Å². The first-order chi connectivity index (χ1) is 18.1. The van der Waals surface area contributed by atoms with Crippen molar-refractivity contribution in [3.8, 4) is 0 Å². The summed E-state index contributed by atoms with van der Waals surface area (Å²) >= 11 is 0. The number of carboxylic acids is 1. The number of rotatable bonds is 20. The highest BCUT2D eigenvalue weighted by molar-refractivity contribution is 5.71. The Hall–Kier alpha value is -1.34. The molecule has 0 aromatic carbocycles. The van der Waals surface area contributed by atoms with Crippen LogP contribution in [0.25, 0.3) is 0 Å². The van der Waals surface area contributed by atoms with Crippen LogP contribution in [0.3, 0.4) is 0 Å². The molecule has 0 heterocycles. The van der Waals surface area contributed by atoms with Crippen LogP contribution in [0.15, 0.2) is 0 Å². The van der Waals surface area contributed by atoms with Crippen LogP contribution >= 0.6 is 0 Å². The average Bonchev–Trinajstić information content (AvgIpc) is 2.76. The fourth-order valence-corrected chi connectivity index (χ4v) is 4.54. The highest BCUT2D eigenvalue weighted by Crippen LogP contribution is 2.37. The number of aliphatic hydroxyl groups excluding tert-OH is 3. The van der Waals surface area contributed by atoms with Crippen LogP contribution in [0.2, 0.25) is 0 Å². The highest BCUT2D eigenvalue weighted by atomic mass is 16.7. The Morgan fingerprint density at radius 3 is 1.80 bits per heavy atom. The van der Waals surface area contributed by atoms with Gasteiger partial charge in [0.1, 0.15) is 6.61 Å². The number of ether oxygens (including phenoxy) is 5. The van der Waals surface area contributed by atoms with E-state index in [1.165, 1.54) is 0 Å². The molecule has 4 unspecified atom stereocenters. The van der Waals surface area contributed by atoms with Crippen molar-refractivity contribution >= 4 is 11.9 Å². The molecule has 0 fully saturated rings. The van der Waals surface area contributed by atoms with E-state index >= 15 is 0 Å². The van der Waals surface area contributed by atoms with Crippen molar-refractivity contribution in [1.82, 2.24) is 0 Å². The third kappa shape index (κ3) is 18.2. The molecule has 40 heavy (non-hydrogen) atoms. The summed E-state index contributed by atoms with van der Waals surface area (Å²) in [5.74, 6) is -1.55. The second-order valence-corrected chi connectivity index (χ2v) is 13.8. The second-order valence-electron chi connectivity index (χ2n) is 13.8. The number of carboxylic acid groups (broad SMARTS) is 1. The van der Waals surface area contributed by atoms with Crippen molar-refractivity contribution in [2.45, 2.75) is 137 Å². The van der Waals surface area contributed by atoms with Crippen LogP contribution in [0.5, 0.6) is 0 Å². The Kier molecular flexibility index (Phi) is 16.4. The lowest BCUT2D eigenvalue weighted by molar-refractivity contribution is -0.267. The molecule has 0 aliphatic carbocycles. The van der Waals surface area contributed by atoms with E-state index in [1.54, 1.807) is 0 Å². The van der Waals surface area contributed by atoms with Crippen molar-refractivity contribution in [2.75, 3.05) is 26.4 Å². The first kappa shape index (κ1) is 38.7. The lowest BCUT2D eigenvalue weighted by atomic mass is 9.77. The average molecular weight is 581 g/mol. The van der Waals surface area contributed by atoms with Crippen LogP contribution in [0.4, 0.5) is 0 Å². The highest BCUT2D eigenvalue weighted by Gasteiger charge is 2.40. The summed E-state index contributed by atoms with van der Waals surface area (Å²) in [5, 5.41) is 38.7. The molecule has 0 radical (unpaired) electrons. The molecule has 0 saturated carbocycles. The maximum absolute atomic E-state index is 12.1. The maximum Gasteiger partial charge on any atom is 0.305 e. The second kappa shape index (κ2) is 16.9. The first-order valence-corrected chi connectivity index (χ1v) is 14.0. The Bertz CT molecular complexity index is 737. The number of hydrogen-bond donors (Lipinski definition) is 4. The van der Waals surface area contributed by atoms with Gasteiger partial charge in [-0.1, -0.05) is 34.6 Å². The van der Waals surface area contributed by atoms with E-state index in [0.29, 0.717) is 12.8 Å². The van der Waals surface area contributed by atoms with Crippen LogP contribution in [-0.4, -0.2) is 94.8 Å². The minimum atomic E-state index is -0.986. The van der Waals surface area contributed by atoms with Gasteiger partial charge in [-0.15, -0.1) is 0 Å². The van der Waals surface area contributed by atoms with Gasteiger partial charge < -0.3 is 44.1 Å². The van der Waals surface area contributed by atoms with Gasteiger partial charge in [-0.2, -0.15) is 0 Å². The summed E-state index contributed by atoms with van der Waals surface area (Å²) in [6.45, 7) is 17.9. The minimum absolute atomic E-state index is 0.0457. The van der Waals surface area contributed by atoms with E-state index in [9.17, 15) is 24.9 Å². The molecule has 238 valence electrons. The standard InChI is InChI=1S/C29H56O11/c1-26(2,3)14-20(15-30)37-24(17-32)40-29(9,10)19-28(7,8)21(16-31)38-25(39-27(4,5)6)18-36-23(35)13-11-12-22(33)34/h20-21,24-25,30-32H,11-19H2,1-10H3,(H,33,34). The van der Waals surface area contributed by atoms with E-state index < -0.39 is 60.0 Å². The molecule has 0 spiro atoms. The topological polar surface area (TPSA) is 161 Å². The van der Waals surface area contributed by atoms with Gasteiger partial charge in [0.05, 0.1) is 43.2 Å². The molecular weight excluding hydrogens is 524 g/mol. The molecule has 0 amide bonds. The zero-order chi connectivity index (χ0) is 31.4. The van der Waals surface area contributed by atoms with Gasteiger partial charge in [-0.3, -0.25) is 9.59 Å². The number of esters is 1. The van der Waals surface area contributed by atoms with E-state index in [-0.39, 0.29) is 44.5 Å². The van der Waals surface area contributed by atoms with E-state index in [0.717, 1.165) is 0 Å². The molecule has 4 atom stereocenters. The predicted octanol–water partition coefficient (Wildman–Crippen LogP) is 3.65. The summed E-state index contributed by atoms with van der Waals surface area (Å²) in [6, 6.07) is 0. The van der Waals surface area contributed by atoms with Gasteiger partial charge in [0.15, 0.2) is 12.6 Å². The number of aliphatic hydroxyl groups is 3. The zero-order valence-corrected chi connectivity index (χ0v) is 26.3. The van der Waals surface area contributed by atoms with Crippen molar-refractivity contribution < 1.29 is 53.7 Å². The maximum atomic E-state index is 12.1. The van der Waals surface area contributed by atoms with Crippen LogP contribution < -0.4 is 0 Å². The van der Waals surface area contributed by atoms with Crippen molar-refractivity contribution in [3.05, 3.63) is 0 Å². The quantitative estimate of drug-likeness (QED) is 0.123. The summed E-state index contributed by atoms with van der Waals surface area (Å²) in [6.07, 6.45) is -2.25. The molecule has 0 rings (SSSR count). The number of hydrogen-bond acceptors (Lipinski definition) is 10. The van der Waals surface area contributed by atoms with E-state index in [4.69, 9.17) is 28.8 Å². The summed E-state index contributed by atoms with van der Waals surface area (Å²) in [4.78, 5) is 22.8. The fraction of sp³-hybridized carbons (Fsp3) is 0.931. The van der Waals surface area contributed by atoms with Crippen molar-refractivity contribution in [2.24, 2.45) is 10.8 Å². The summed E-state index contributed by atoms with van der Waals surface area (Å²) in [7, 11) is 0. The molecule has 0 aromatic heterocycles. The molecule has 0 aliphatic heterocycles. The fourth-order valence-electron chi connectivity index (χ4n) is 4.54. The van der Waals surface area contributed by atoms with Crippen LogP contribution in [0.1, 0.15) is 101 Å². The minimum Gasteiger partial charge on any atom is -0.481 e. The van der Waals surface area contributed by atoms with Crippen LogP contribution in [-0.2, 0) is 33.3 Å². The summed E-state index contributed by atoms with van der Waals surface area (Å²) < 4.78 is 29.4. The number of aliphatic carboxylic acids is 1. The Morgan fingerprint density at radius 1 is 0.750 bits per heavy atom. The molecule has 0 aromatic rings. The van der Waals surface area contributed by atoms with E-state index in [1.807, 2.05) is 69.2 Å². The predicted molar refractivity (Wildman–Crippen MR) is 149 cm³/mol. The van der Waals surface area contributed by atoms with Crippen molar-refractivity contribution in [3.63, 3.8) is 0 Å². The SMILES string of the molecule is CC(C)(C)CC(CO)OC(CO)OC(C)(C)CC(C)(C)C(CO)OC(COC(=O)CCCC(=O)O)OC(C)(C)C. The molecule has 4 N–H and O–H groups in total.